The number of piperazine rings is 1. The number of fused-ring (bicyclic) bond motifs is 1. The second kappa shape index (κ2) is 9.70. The smallest absolute Gasteiger partial charge is 0.224 e. The first-order chi connectivity index (χ1) is 17.0. The Morgan fingerprint density at radius 3 is 2.43 bits per heavy atom. The highest BCUT2D eigenvalue weighted by atomic mass is 16.1. The van der Waals surface area contributed by atoms with Crippen LogP contribution in [0.1, 0.15) is 51.4 Å². The van der Waals surface area contributed by atoms with Crippen LogP contribution < -0.4 is 10.6 Å². The maximum Gasteiger partial charge on any atom is 0.224 e. The molecule has 5 aliphatic rings. The standard InChI is InChI=1S/C29H41N5O/c1-33-10-12-34(13-11-33)9-3-8-30-27-7-6-24-25(31-27)4-2-5-26(24)32-28(35)20-29-17-21-14-22(18-29)16-23(15-21)19-29/h2,4-7,21-23H,3,8-20H2,1H3,(H,30,31)(H,32,35). The molecule has 4 bridgehead atoms. The molecular formula is C29H41N5O. The minimum absolute atomic E-state index is 0.186. The molecule has 35 heavy (non-hydrogen) atoms. The summed E-state index contributed by atoms with van der Waals surface area (Å²) < 4.78 is 0. The van der Waals surface area contributed by atoms with Crippen LogP contribution >= 0.6 is 0 Å². The molecule has 5 fully saturated rings. The summed E-state index contributed by atoms with van der Waals surface area (Å²) in [6.07, 6.45) is 9.87. The molecule has 1 aromatic heterocycles. The van der Waals surface area contributed by atoms with Crippen LogP contribution in [0.15, 0.2) is 30.3 Å². The number of carbonyl (C=O) groups excluding carboxylic acids is 1. The zero-order valence-electron chi connectivity index (χ0n) is 21.3. The van der Waals surface area contributed by atoms with E-state index in [0.29, 0.717) is 6.42 Å². The molecule has 2 heterocycles. The van der Waals surface area contributed by atoms with Crippen molar-refractivity contribution in [2.24, 2.45) is 23.2 Å². The second-order valence-electron chi connectivity index (χ2n) is 12.1. The summed E-state index contributed by atoms with van der Waals surface area (Å²) in [6, 6.07) is 10.2. The summed E-state index contributed by atoms with van der Waals surface area (Å²) in [5, 5.41) is 7.78. The molecule has 7 rings (SSSR count). The monoisotopic (exact) mass is 475 g/mol. The largest absolute Gasteiger partial charge is 0.370 e. The summed E-state index contributed by atoms with van der Waals surface area (Å²) in [7, 11) is 2.20. The lowest BCUT2D eigenvalue weighted by Gasteiger charge is -2.56. The van der Waals surface area contributed by atoms with Gasteiger partial charge in [-0.15, -0.1) is 0 Å². The number of aromatic nitrogens is 1. The van der Waals surface area contributed by atoms with E-state index in [9.17, 15) is 4.79 Å². The third-order valence-electron chi connectivity index (χ3n) is 9.26. The third-order valence-corrected chi connectivity index (χ3v) is 9.26. The Bertz CT molecular complexity index is 1020. The lowest BCUT2D eigenvalue weighted by Crippen LogP contribution is -2.47. The highest BCUT2D eigenvalue weighted by Crippen LogP contribution is 2.61. The Morgan fingerprint density at radius 2 is 1.71 bits per heavy atom. The van der Waals surface area contributed by atoms with E-state index >= 15 is 0 Å². The van der Waals surface area contributed by atoms with Gasteiger partial charge in [0.2, 0.25) is 5.91 Å². The molecule has 0 atom stereocenters. The van der Waals surface area contributed by atoms with Gasteiger partial charge < -0.3 is 20.4 Å². The van der Waals surface area contributed by atoms with E-state index in [1.54, 1.807) is 0 Å². The van der Waals surface area contributed by atoms with Gasteiger partial charge in [0.15, 0.2) is 0 Å². The number of hydrogen-bond acceptors (Lipinski definition) is 5. The number of likely N-dealkylation sites (N-methyl/N-ethyl adjacent to an activating group) is 1. The van der Waals surface area contributed by atoms with Crippen molar-refractivity contribution in [3.63, 3.8) is 0 Å². The van der Waals surface area contributed by atoms with Crippen LogP contribution in [-0.4, -0.2) is 67.0 Å². The molecule has 6 nitrogen and oxygen atoms in total. The third kappa shape index (κ3) is 5.19. The van der Waals surface area contributed by atoms with Crippen molar-refractivity contribution in [1.82, 2.24) is 14.8 Å². The lowest BCUT2D eigenvalue weighted by atomic mass is 9.49. The molecule has 0 radical (unpaired) electrons. The number of nitrogens with one attached hydrogen (secondary N) is 2. The van der Waals surface area contributed by atoms with Crippen LogP contribution in [0.2, 0.25) is 0 Å². The van der Waals surface area contributed by atoms with Gasteiger partial charge in [-0.1, -0.05) is 6.07 Å². The van der Waals surface area contributed by atoms with Gasteiger partial charge in [0.1, 0.15) is 5.82 Å². The van der Waals surface area contributed by atoms with Crippen molar-refractivity contribution in [2.75, 3.05) is 56.9 Å². The average Bonchev–Trinajstić information content (AvgIpc) is 2.82. The van der Waals surface area contributed by atoms with E-state index in [4.69, 9.17) is 4.98 Å². The number of carbonyl (C=O) groups is 1. The highest BCUT2D eigenvalue weighted by molar-refractivity contribution is 6.01. The molecule has 4 saturated carbocycles. The number of benzene rings is 1. The van der Waals surface area contributed by atoms with Gasteiger partial charge in [-0.05, 0) is 106 Å². The molecule has 1 saturated heterocycles. The fourth-order valence-corrected chi connectivity index (χ4v) is 7.99. The van der Waals surface area contributed by atoms with Crippen molar-refractivity contribution >= 4 is 28.3 Å². The number of amides is 1. The molecule has 6 heteroatoms. The minimum atomic E-state index is 0.186. The van der Waals surface area contributed by atoms with Crippen molar-refractivity contribution < 1.29 is 4.79 Å². The van der Waals surface area contributed by atoms with Crippen LogP contribution in [-0.2, 0) is 4.79 Å². The Morgan fingerprint density at radius 1 is 1.00 bits per heavy atom. The maximum absolute atomic E-state index is 13.2. The molecule has 1 aromatic carbocycles. The SMILES string of the molecule is CN1CCN(CCCNc2ccc3c(NC(=O)CC45CC6CC(CC(C6)C4)C5)cccc3n2)CC1. The Kier molecular flexibility index (Phi) is 6.44. The summed E-state index contributed by atoms with van der Waals surface area (Å²) in [6.45, 7) is 6.73. The van der Waals surface area contributed by atoms with E-state index < -0.39 is 0 Å². The summed E-state index contributed by atoms with van der Waals surface area (Å²) in [5.41, 5.74) is 2.09. The molecular weight excluding hydrogens is 434 g/mol. The number of nitrogens with zero attached hydrogens (tertiary/aromatic N) is 3. The molecule has 1 amide bonds. The molecule has 2 N–H and O–H groups in total. The predicted octanol–water partition coefficient (Wildman–Crippen LogP) is 4.83. The van der Waals surface area contributed by atoms with Crippen molar-refractivity contribution in [3.05, 3.63) is 30.3 Å². The van der Waals surface area contributed by atoms with Crippen molar-refractivity contribution in [3.8, 4) is 0 Å². The van der Waals surface area contributed by atoms with Crippen LogP contribution in [0.4, 0.5) is 11.5 Å². The van der Waals surface area contributed by atoms with E-state index in [2.05, 4.69) is 33.5 Å². The number of hydrogen-bond donors (Lipinski definition) is 2. The van der Waals surface area contributed by atoms with Crippen LogP contribution in [0, 0.1) is 23.2 Å². The van der Waals surface area contributed by atoms with Gasteiger partial charge in [0.05, 0.1) is 11.2 Å². The zero-order valence-corrected chi connectivity index (χ0v) is 21.3. The first kappa shape index (κ1) is 23.2. The topological polar surface area (TPSA) is 60.5 Å². The molecule has 2 aromatic rings. The molecule has 4 aliphatic carbocycles. The Hall–Kier alpha value is -2.18. The summed E-state index contributed by atoms with van der Waals surface area (Å²) >= 11 is 0. The van der Waals surface area contributed by atoms with Gasteiger partial charge in [-0.3, -0.25) is 4.79 Å². The fourth-order valence-electron chi connectivity index (χ4n) is 7.99. The first-order valence-electron chi connectivity index (χ1n) is 13.9. The quantitative estimate of drug-likeness (QED) is 0.536. The average molecular weight is 476 g/mol. The van der Waals surface area contributed by atoms with Crippen LogP contribution in [0.5, 0.6) is 0 Å². The van der Waals surface area contributed by atoms with Gasteiger partial charge in [0, 0.05) is 44.5 Å². The molecule has 1 aliphatic heterocycles. The van der Waals surface area contributed by atoms with Crippen molar-refractivity contribution in [2.45, 2.75) is 51.4 Å². The number of rotatable bonds is 8. The molecule has 188 valence electrons. The zero-order chi connectivity index (χ0) is 23.8. The summed E-state index contributed by atoms with van der Waals surface area (Å²) in [4.78, 5) is 23.0. The molecule has 0 spiro atoms. The van der Waals surface area contributed by atoms with Gasteiger partial charge in [-0.25, -0.2) is 4.98 Å². The normalized spacial score (nSPS) is 30.6. The van der Waals surface area contributed by atoms with Crippen molar-refractivity contribution in [1.29, 1.82) is 0 Å². The van der Waals surface area contributed by atoms with Crippen LogP contribution in [0.3, 0.4) is 0 Å². The highest BCUT2D eigenvalue weighted by Gasteiger charge is 2.51. The summed E-state index contributed by atoms with van der Waals surface area (Å²) in [5.74, 6) is 3.73. The predicted molar refractivity (Wildman–Crippen MR) is 143 cm³/mol. The second-order valence-corrected chi connectivity index (χ2v) is 12.1. The molecule has 0 unspecified atom stereocenters. The number of anilines is 2. The minimum Gasteiger partial charge on any atom is -0.370 e. The van der Waals surface area contributed by atoms with Gasteiger partial charge in [-0.2, -0.15) is 0 Å². The first-order valence-corrected chi connectivity index (χ1v) is 13.9. The van der Waals surface area contributed by atoms with Gasteiger partial charge >= 0.3 is 0 Å². The maximum atomic E-state index is 13.2. The van der Waals surface area contributed by atoms with E-state index in [1.165, 1.54) is 64.7 Å². The Labute approximate surface area is 209 Å². The number of pyridine rings is 1. The fraction of sp³-hybridized carbons (Fsp3) is 0.655. The lowest BCUT2D eigenvalue weighted by molar-refractivity contribution is -0.124. The van der Waals surface area contributed by atoms with E-state index in [1.807, 2.05) is 24.3 Å². The van der Waals surface area contributed by atoms with Gasteiger partial charge in [0.25, 0.3) is 0 Å². The van der Waals surface area contributed by atoms with Crippen LogP contribution in [0.25, 0.3) is 10.9 Å². The van der Waals surface area contributed by atoms with E-state index in [0.717, 1.165) is 59.7 Å². The van der Waals surface area contributed by atoms with E-state index in [-0.39, 0.29) is 11.3 Å². The Balaban J connectivity index is 1.04.